The molecule has 22 heavy (non-hydrogen) atoms. The van der Waals surface area contributed by atoms with Crippen LogP contribution < -0.4 is 4.74 Å². The van der Waals surface area contributed by atoms with Crippen molar-refractivity contribution in [2.45, 2.75) is 32.8 Å². The fourth-order valence-corrected chi connectivity index (χ4v) is 2.48. The van der Waals surface area contributed by atoms with Gasteiger partial charge in [0.05, 0.1) is 7.11 Å². The molecule has 1 aliphatic heterocycles. The predicted molar refractivity (Wildman–Crippen MR) is 83.2 cm³/mol. The van der Waals surface area contributed by atoms with Gasteiger partial charge in [0.15, 0.2) is 5.78 Å². The Bertz CT molecular complexity index is 562. The van der Waals surface area contributed by atoms with Crippen LogP contribution in [0.15, 0.2) is 24.3 Å². The number of rotatable bonds is 3. The molecule has 120 valence electrons. The van der Waals surface area contributed by atoms with Crippen molar-refractivity contribution in [2.24, 2.45) is 5.92 Å². The van der Waals surface area contributed by atoms with Crippen LogP contribution in [0.3, 0.4) is 0 Å². The zero-order valence-electron chi connectivity index (χ0n) is 13.6. The molecular weight excluding hydrogens is 282 g/mol. The van der Waals surface area contributed by atoms with Gasteiger partial charge >= 0.3 is 6.09 Å². The van der Waals surface area contributed by atoms with Gasteiger partial charge < -0.3 is 14.4 Å². The van der Waals surface area contributed by atoms with E-state index in [0.29, 0.717) is 30.8 Å². The van der Waals surface area contributed by atoms with E-state index in [4.69, 9.17) is 9.47 Å². The van der Waals surface area contributed by atoms with Crippen molar-refractivity contribution in [3.05, 3.63) is 29.8 Å². The molecule has 0 spiro atoms. The minimum Gasteiger partial charge on any atom is -0.497 e. The lowest BCUT2D eigenvalue weighted by molar-refractivity contribution is 0.0289. The molecule has 0 aliphatic carbocycles. The summed E-state index contributed by atoms with van der Waals surface area (Å²) in [6, 6.07) is 7.12. The number of likely N-dealkylation sites (tertiary alicyclic amines) is 1. The van der Waals surface area contributed by atoms with Crippen LogP contribution in [0, 0.1) is 5.92 Å². The van der Waals surface area contributed by atoms with E-state index in [1.165, 1.54) is 0 Å². The van der Waals surface area contributed by atoms with E-state index in [0.717, 1.165) is 0 Å². The molecule has 1 atom stereocenters. The van der Waals surface area contributed by atoms with Crippen molar-refractivity contribution in [1.82, 2.24) is 4.90 Å². The van der Waals surface area contributed by atoms with Crippen LogP contribution in [0.4, 0.5) is 4.79 Å². The van der Waals surface area contributed by atoms with Gasteiger partial charge in [0.25, 0.3) is 0 Å². The van der Waals surface area contributed by atoms with Gasteiger partial charge in [0, 0.05) is 24.6 Å². The third-order valence-corrected chi connectivity index (χ3v) is 3.56. The highest BCUT2D eigenvalue weighted by Gasteiger charge is 2.33. The number of methoxy groups -OCH3 is 1. The van der Waals surface area contributed by atoms with Crippen LogP contribution in [-0.4, -0.2) is 42.6 Å². The molecule has 0 unspecified atom stereocenters. The lowest BCUT2D eigenvalue weighted by atomic mass is 9.97. The lowest BCUT2D eigenvalue weighted by Crippen LogP contribution is -2.35. The number of carbonyl (C=O) groups excluding carboxylic acids is 2. The van der Waals surface area contributed by atoms with Crippen LogP contribution in [-0.2, 0) is 4.74 Å². The molecule has 0 bridgehead atoms. The van der Waals surface area contributed by atoms with E-state index in [-0.39, 0.29) is 17.8 Å². The molecule has 1 amide bonds. The second-order valence-corrected chi connectivity index (χ2v) is 6.51. The van der Waals surface area contributed by atoms with Gasteiger partial charge in [-0.3, -0.25) is 4.79 Å². The summed E-state index contributed by atoms with van der Waals surface area (Å²) in [7, 11) is 1.57. The average Bonchev–Trinajstić information content (AvgIpc) is 2.94. The minimum absolute atomic E-state index is 0.0463. The number of benzene rings is 1. The molecule has 1 aromatic carbocycles. The van der Waals surface area contributed by atoms with Crippen molar-refractivity contribution < 1.29 is 19.1 Å². The quantitative estimate of drug-likeness (QED) is 0.805. The Hall–Kier alpha value is -2.04. The Morgan fingerprint density at radius 3 is 2.64 bits per heavy atom. The van der Waals surface area contributed by atoms with Crippen molar-refractivity contribution in [1.29, 1.82) is 0 Å². The van der Waals surface area contributed by atoms with Crippen molar-refractivity contribution >= 4 is 11.9 Å². The summed E-state index contributed by atoms with van der Waals surface area (Å²) in [4.78, 5) is 26.2. The Morgan fingerprint density at radius 2 is 2.00 bits per heavy atom. The molecule has 5 heteroatoms. The van der Waals surface area contributed by atoms with E-state index in [9.17, 15) is 9.59 Å². The summed E-state index contributed by atoms with van der Waals surface area (Å²) < 4.78 is 10.5. The molecule has 0 aromatic heterocycles. The largest absolute Gasteiger partial charge is 0.497 e. The summed E-state index contributed by atoms with van der Waals surface area (Å²) in [5, 5.41) is 0. The highest BCUT2D eigenvalue weighted by Crippen LogP contribution is 2.24. The van der Waals surface area contributed by atoms with Gasteiger partial charge in [-0.2, -0.15) is 0 Å². The topological polar surface area (TPSA) is 55.8 Å². The highest BCUT2D eigenvalue weighted by molar-refractivity contribution is 5.98. The highest BCUT2D eigenvalue weighted by atomic mass is 16.6. The van der Waals surface area contributed by atoms with Gasteiger partial charge in [0.2, 0.25) is 0 Å². The zero-order valence-corrected chi connectivity index (χ0v) is 13.6. The van der Waals surface area contributed by atoms with Crippen LogP contribution >= 0.6 is 0 Å². The third kappa shape index (κ3) is 4.00. The molecular formula is C17H23NO4. The maximum Gasteiger partial charge on any atom is 0.410 e. The average molecular weight is 305 g/mol. The number of hydrogen-bond acceptors (Lipinski definition) is 4. The molecule has 1 saturated heterocycles. The first-order chi connectivity index (χ1) is 10.3. The maximum absolute atomic E-state index is 12.5. The number of hydrogen-bond donors (Lipinski definition) is 0. The van der Waals surface area contributed by atoms with E-state index in [2.05, 4.69) is 0 Å². The van der Waals surface area contributed by atoms with Gasteiger partial charge in [-0.15, -0.1) is 0 Å². The lowest BCUT2D eigenvalue weighted by Gasteiger charge is -2.24. The van der Waals surface area contributed by atoms with Gasteiger partial charge in [-0.05, 0) is 39.3 Å². The number of nitrogens with zero attached hydrogens (tertiary/aromatic N) is 1. The molecule has 1 aliphatic rings. The number of amides is 1. The van der Waals surface area contributed by atoms with Crippen molar-refractivity contribution in [3.8, 4) is 5.75 Å². The normalized spacial score (nSPS) is 18.2. The predicted octanol–water partition coefficient (Wildman–Crippen LogP) is 3.13. The van der Waals surface area contributed by atoms with E-state index in [1.807, 2.05) is 20.8 Å². The fourth-order valence-electron chi connectivity index (χ4n) is 2.48. The van der Waals surface area contributed by atoms with Crippen LogP contribution in [0.1, 0.15) is 37.6 Å². The van der Waals surface area contributed by atoms with E-state index < -0.39 is 5.60 Å². The summed E-state index contributed by atoms with van der Waals surface area (Å²) in [6.07, 6.45) is 0.309. The standard InChI is InChI=1S/C17H23NO4/c1-17(2,3)22-16(20)18-9-8-13(11-18)15(19)12-6-5-7-14(10-12)21-4/h5-7,10,13H,8-9,11H2,1-4H3/t13-/m1/s1. The molecule has 1 heterocycles. The van der Waals surface area contributed by atoms with Gasteiger partial charge in [-0.25, -0.2) is 4.79 Å². The number of carbonyl (C=O) groups is 2. The van der Waals surface area contributed by atoms with Gasteiger partial charge in [0.1, 0.15) is 11.4 Å². The maximum atomic E-state index is 12.5. The summed E-state index contributed by atoms with van der Waals surface area (Å²) in [5.74, 6) is 0.525. The molecule has 0 radical (unpaired) electrons. The second kappa shape index (κ2) is 6.38. The first kappa shape index (κ1) is 16.3. The number of Topliss-reactive ketones (excluding diaryl/α,β-unsaturated/α-hetero) is 1. The Labute approximate surface area is 131 Å². The molecule has 1 aromatic rings. The van der Waals surface area contributed by atoms with E-state index >= 15 is 0 Å². The monoisotopic (exact) mass is 305 g/mol. The van der Waals surface area contributed by atoms with Crippen LogP contribution in [0.25, 0.3) is 0 Å². The molecule has 0 N–H and O–H groups in total. The summed E-state index contributed by atoms with van der Waals surface area (Å²) >= 11 is 0. The molecule has 5 nitrogen and oxygen atoms in total. The first-order valence-corrected chi connectivity index (χ1v) is 7.46. The summed E-state index contributed by atoms with van der Waals surface area (Å²) in [6.45, 7) is 6.46. The third-order valence-electron chi connectivity index (χ3n) is 3.56. The summed E-state index contributed by atoms with van der Waals surface area (Å²) in [5.41, 5.74) is 0.0989. The van der Waals surface area contributed by atoms with Gasteiger partial charge in [-0.1, -0.05) is 12.1 Å². The van der Waals surface area contributed by atoms with Crippen molar-refractivity contribution in [3.63, 3.8) is 0 Å². The smallest absolute Gasteiger partial charge is 0.410 e. The molecule has 0 saturated carbocycles. The SMILES string of the molecule is COc1cccc(C(=O)[C@@H]2CCN(C(=O)OC(C)(C)C)C2)c1. The number of ether oxygens (including phenoxy) is 2. The Kier molecular flexibility index (Phi) is 4.74. The second-order valence-electron chi connectivity index (χ2n) is 6.51. The van der Waals surface area contributed by atoms with E-state index in [1.54, 1.807) is 36.3 Å². The fraction of sp³-hybridized carbons (Fsp3) is 0.529. The minimum atomic E-state index is -0.522. The Balaban J connectivity index is 2.00. The van der Waals surface area contributed by atoms with Crippen LogP contribution in [0.5, 0.6) is 5.75 Å². The Morgan fingerprint density at radius 1 is 1.27 bits per heavy atom. The first-order valence-electron chi connectivity index (χ1n) is 7.46. The van der Waals surface area contributed by atoms with Crippen LogP contribution in [0.2, 0.25) is 0 Å². The zero-order chi connectivity index (χ0) is 16.3. The molecule has 1 fully saturated rings. The number of ketones is 1. The van der Waals surface area contributed by atoms with Crippen molar-refractivity contribution in [2.75, 3.05) is 20.2 Å². The molecule has 2 rings (SSSR count).